The standard InChI is InChI=1S/C14H14BrClN2O3/c1-3-20-14(19)13-12(15)11(17-18(13)2)8-21-10-6-4-9(16)5-7-10/h4-7H,3,8H2,1-2H3. The van der Waals surface area contributed by atoms with E-state index in [-0.39, 0.29) is 6.61 Å². The van der Waals surface area contributed by atoms with Crippen molar-refractivity contribution >= 4 is 33.5 Å². The van der Waals surface area contributed by atoms with E-state index in [2.05, 4.69) is 21.0 Å². The summed E-state index contributed by atoms with van der Waals surface area (Å²) >= 11 is 9.19. The third kappa shape index (κ3) is 3.77. The van der Waals surface area contributed by atoms with Crippen molar-refractivity contribution in [2.45, 2.75) is 13.5 Å². The Morgan fingerprint density at radius 1 is 1.38 bits per heavy atom. The number of halogens is 2. The fourth-order valence-electron chi connectivity index (χ4n) is 1.75. The van der Waals surface area contributed by atoms with Crippen molar-refractivity contribution in [2.75, 3.05) is 6.61 Å². The monoisotopic (exact) mass is 372 g/mol. The lowest BCUT2D eigenvalue weighted by Crippen LogP contribution is -2.10. The highest BCUT2D eigenvalue weighted by atomic mass is 79.9. The molecule has 0 N–H and O–H groups in total. The van der Waals surface area contributed by atoms with Gasteiger partial charge in [-0.15, -0.1) is 0 Å². The van der Waals surface area contributed by atoms with Crippen molar-refractivity contribution in [1.29, 1.82) is 0 Å². The number of aryl methyl sites for hydroxylation is 1. The minimum atomic E-state index is -0.419. The molecule has 1 aromatic heterocycles. The summed E-state index contributed by atoms with van der Waals surface area (Å²) in [5.41, 5.74) is 0.988. The number of hydrogen-bond acceptors (Lipinski definition) is 4. The van der Waals surface area contributed by atoms with Crippen LogP contribution >= 0.6 is 27.5 Å². The van der Waals surface area contributed by atoms with Gasteiger partial charge in [-0.1, -0.05) is 11.6 Å². The molecule has 0 radical (unpaired) electrons. The zero-order chi connectivity index (χ0) is 15.4. The number of benzene rings is 1. The first-order chi connectivity index (χ1) is 10.0. The van der Waals surface area contributed by atoms with E-state index < -0.39 is 5.97 Å². The smallest absolute Gasteiger partial charge is 0.357 e. The maximum atomic E-state index is 11.8. The van der Waals surface area contributed by atoms with Crippen LogP contribution in [0.4, 0.5) is 0 Å². The number of esters is 1. The van der Waals surface area contributed by atoms with E-state index in [0.717, 1.165) is 0 Å². The molecule has 0 unspecified atom stereocenters. The van der Waals surface area contributed by atoms with Gasteiger partial charge in [-0.25, -0.2) is 4.79 Å². The molecular formula is C14H14BrClN2O3. The van der Waals surface area contributed by atoms with Crippen molar-refractivity contribution in [1.82, 2.24) is 9.78 Å². The first-order valence-electron chi connectivity index (χ1n) is 6.29. The molecule has 0 aliphatic rings. The maximum absolute atomic E-state index is 11.8. The van der Waals surface area contributed by atoms with E-state index in [1.807, 2.05) is 0 Å². The summed E-state index contributed by atoms with van der Waals surface area (Å²) < 4.78 is 12.7. The molecule has 0 fully saturated rings. The van der Waals surface area contributed by atoms with Gasteiger partial charge < -0.3 is 9.47 Å². The average molecular weight is 374 g/mol. The minimum absolute atomic E-state index is 0.232. The van der Waals surface area contributed by atoms with Crippen molar-refractivity contribution in [2.24, 2.45) is 7.05 Å². The second-order valence-corrected chi connectivity index (χ2v) is 5.43. The number of hydrogen-bond donors (Lipinski definition) is 0. The number of nitrogens with zero attached hydrogens (tertiary/aromatic N) is 2. The molecule has 112 valence electrons. The van der Waals surface area contributed by atoms with Crippen LogP contribution in [-0.2, 0) is 18.4 Å². The minimum Gasteiger partial charge on any atom is -0.487 e. The second-order valence-electron chi connectivity index (χ2n) is 4.20. The number of ether oxygens (including phenoxy) is 2. The topological polar surface area (TPSA) is 53.4 Å². The highest BCUT2D eigenvalue weighted by Crippen LogP contribution is 2.24. The summed E-state index contributed by atoms with van der Waals surface area (Å²) in [6, 6.07) is 7.03. The van der Waals surface area contributed by atoms with Crippen LogP contribution < -0.4 is 4.74 Å². The molecule has 21 heavy (non-hydrogen) atoms. The fourth-order valence-corrected chi connectivity index (χ4v) is 2.49. The van der Waals surface area contributed by atoms with Gasteiger partial charge in [0.25, 0.3) is 0 Å². The van der Waals surface area contributed by atoms with Gasteiger partial charge in [-0.2, -0.15) is 5.10 Å². The first kappa shape index (κ1) is 15.9. The van der Waals surface area contributed by atoms with Gasteiger partial charge in [0.05, 0.1) is 11.1 Å². The van der Waals surface area contributed by atoms with E-state index in [0.29, 0.717) is 33.2 Å². The summed E-state index contributed by atoms with van der Waals surface area (Å²) in [5.74, 6) is 0.256. The summed E-state index contributed by atoms with van der Waals surface area (Å²) in [6.45, 7) is 2.30. The molecule has 0 amide bonds. The van der Waals surface area contributed by atoms with E-state index >= 15 is 0 Å². The first-order valence-corrected chi connectivity index (χ1v) is 7.47. The van der Waals surface area contributed by atoms with Crippen LogP contribution in [0.25, 0.3) is 0 Å². The maximum Gasteiger partial charge on any atom is 0.357 e. The van der Waals surface area contributed by atoms with Crippen LogP contribution in [0.3, 0.4) is 0 Å². The van der Waals surface area contributed by atoms with Crippen molar-refractivity contribution in [3.05, 3.63) is 45.1 Å². The van der Waals surface area contributed by atoms with Gasteiger partial charge in [0.15, 0.2) is 5.69 Å². The Labute approximate surface area is 135 Å². The van der Waals surface area contributed by atoms with E-state index in [1.165, 1.54) is 4.68 Å². The van der Waals surface area contributed by atoms with Crippen molar-refractivity contribution < 1.29 is 14.3 Å². The Balaban J connectivity index is 2.12. The third-order valence-electron chi connectivity index (χ3n) is 2.71. The van der Waals surface area contributed by atoms with Crippen LogP contribution in [0, 0.1) is 0 Å². The molecule has 0 aliphatic carbocycles. The third-order valence-corrected chi connectivity index (χ3v) is 3.80. The molecule has 0 saturated heterocycles. The van der Waals surface area contributed by atoms with Crippen molar-refractivity contribution in [3.8, 4) is 5.75 Å². The molecule has 0 atom stereocenters. The van der Waals surface area contributed by atoms with Gasteiger partial charge >= 0.3 is 5.97 Å². The van der Waals surface area contributed by atoms with Gasteiger partial charge in [0.2, 0.25) is 0 Å². The highest BCUT2D eigenvalue weighted by molar-refractivity contribution is 9.10. The Hall–Kier alpha value is -1.53. The number of aromatic nitrogens is 2. The molecule has 7 heteroatoms. The molecule has 2 aromatic rings. The zero-order valence-electron chi connectivity index (χ0n) is 11.6. The van der Waals surface area contributed by atoms with Crippen molar-refractivity contribution in [3.63, 3.8) is 0 Å². The molecule has 0 spiro atoms. The fraction of sp³-hybridized carbons (Fsp3) is 0.286. The van der Waals surface area contributed by atoms with Crippen LogP contribution in [0.15, 0.2) is 28.7 Å². The molecule has 2 rings (SSSR count). The van der Waals surface area contributed by atoms with Gasteiger partial charge in [-0.05, 0) is 47.1 Å². The van der Waals surface area contributed by atoms with Crippen LogP contribution in [0.1, 0.15) is 23.1 Å². The number of carbonyl (C=O) groups is 1. The van der Waals surface area contributed by atoms with Gasteiger partial charge in [0, 0.05) is 12.1 Å². The van der Waals surface area contributed by atoms with Crippen LogP contribution in [-0.4, -0.2) is 22.4 Å². The van der Waals surface area contributed by atoms with Gasteiger partial charge in [0.1, 0.15) is 18.1 Å². The highest BCUT2D eigenvalue weighted by Gasteiger charge is 2.21. The lowest BCUT2D eigenvalue weighted by atomic mass is 10.3. The van der Waals surface area contributed by atoms with Gasteiger partial charge in [-0.3, -0.25) is 4.68 Å². The van der Waals surface area contributed by atoms with E-state index in [4.69, 9.17) is 21.1 Å². The Morgan fingerprint density at radius 2 is 2.05 bits per heavy atom. The molecule has 1 aromatic carbocycles. The number of rotatable bonds is 5. The summed E-state index contributed by atoms with van der Waals surface area (Å²) in [4.78, 5) is 11.8. The van der Waals surface area contributed by atoms with E-state index in [1.54, 1.807) is 38.2 Å². The summed E-state index contributed by atoms with van der Waals surface area (Å²) in [7, 11) is 1.68. The number of carbonyl (C=O) groups excluding carboxylic acids is 1. The predicted octanol–water partition coefficient (Wildman–Crippen LogP) is 3.59. The molecule has 0 saturated carbocycles. The Morgan fingerprint density at radius 3 is 2.67 bits per heavy atom. The van der Waals surface area contributed by atoms with Crippen LogP contribution in [0.5, 0.6) is 5.75 Å². The quantitative estimate of drug-likeness (QED) is 0.752. The molecule has 1 heterocycles. The Kier molecular flexibility index (Phi) is 5.25. The van der Waals surface area contributed by atoms with Crippen LogP contribution in [0.2, 0.25) is 5.02 Å². The Bertz CT molecular complexity index is 640. The second kappa shape index (κ2) is 6.95. The largest absolute Gasteiger partial charge is 0.487 e. The zero-order valence-corrected chi connectivity index (χ0v) is 13.9. The average Bonchev–Trinajstić information content (AvgIpc) is 2.73. The normalized spacial score (nSPS) is 10.5. The summed E-state index contributed by atoms with van der Waals surface area (Å²) in [5, 5.41) is 4.91. The molecule has 0 aliphatic heterocycles. The lowest BCUT2D eigenvalue weighted by Gasteiger charge is -2.04. The summed E-state index contributed by atoms with van der Waals surface area (Å²) in [6.07, 6.45) is 0. The van der Waals surface area contributed by atoms with E-state index in [9.17, 15) is 4.79 Å². The predicted molar refractivity (Wildman–Crippen MR) is 82.6 cm³/mol. The molecule has 5 nitrogen and oxygen atoms in total. The lowest BCUT2D eigenvalue weighted by molar-refractivity contribution is 0.0512. The molecule has 0 bridgehead atoms. The SMILES string of the molecule is CCOC(=O)c1c(Br)c(COc2ccc(Cl)cc2)nn1C. The molecular weight excluding hydrogens is 360 g/mol.